The lowest BCUT2D eigenvalue weighted by atomic mass is 9.81. The van der Waals surface area contributed by atoms with Crippen molar-refractivity contribution in [2.45, 2.75) is 51.4 Å². The molecular formula is C20H25F2N5O2S. The molecule has 0 bridgehead atoms. The zero-order valence-electron chi connectivity index (χ0n) is 16.7. The number of nitrogens with one attached hydrogen (secondary N) is 2. The van der Waals surface area contributed by atoms with E-state index in [0.717, 1.165) is 44.2 Å². The van der Waals surface area contributed by atoms with Crippen LogP contribution in [-0.4, -0.2) is 51.4 Å². The van der Waals surface area contributed by atoms with Gasteiger partial charge in [0, 0.05) is 18.7 Å². The number of carbonyl (C=O) groups excluding carboxylic acids is 2. The second-order valence-corrected chi connectivity index (χ2v) is 8.70. The van der Waals surface area contributed by atoms with Gasteiger partial charge in [-0.2, -0.15) is 5.10 Å². The summed E-state index contributed by atoms with van der Waals surface area (Å²) in [6, 6.07) is 3.10. The molecule has 3 unspecified atom stereocenters. The van der Waals surface area contributed by atoms with Crippen LogP contribution >= 0.6 is 11.8 Å². The largest absolute Gasteiger partial charge is 0.323 e. The van der Waals surface area contributed by atoms with Crippen LogP contribution in [0.25, 0.3) is 0 Å². The zero-order chi connectivity index (χ0) is 21.3. The van der Waals surface area contributed by atoms with E-state index in [1.165, 1.54) is 17.8 Å². The number of carbonyl (C=O) groups is 2. The molecule has 1 saturated carbocycles. The van der Waals surface area contributed by atoms with Gasteiger partial charge in [0.25, 0.3) is 0 Å². The number of benzene rings is 1. The van der Waals surface area contributed by atoms with Crippen molar-refractivity contribution in [2.75, 3.05) is 17.6 Å². The molecule has 2 N–H and O–H groups in total. The molecule has 3 aliphatic rings. The van der Waals surface area contributed by atoms with Crippen LogP contribution in [0.3, 0.4) is 0 Å². The normalized spacial score (nSPS) is 25.4. The van der Waals surface area contributed by atoms with E-state index in [0.29, 0.717) is 11.7 Å². The van der Waals surface area contributed by atoms with E-state index in [9.17, 15) is 18.4 Å². The molecular weight excluding hydrogens is 412 g/mol. The minimum Gasteiger partial charge on any atom is -0.323 e. The Balaban J connectivity index is 1.43. The lowest BCUT2D eigenvalue weighted by Gasteiger charge is -2.50. The lowest BCUT2D eigenvalue weighted by molar-refractivity contribution is -0.155. The number of hydrogen-bond acceptors (Lipinski definition) is 6. The van der Waals surface area contributed by atoms with Crippen molar-refractivity contribution >= 4 is 34.4 Å². The fourth-order valence-corrected chi connectivity index (χ4v) is 5.27. The molecule has 7 nitrogen and oxygen atoms in total. The molecule has 162 valence electrons. The highest BCUT2D eigenvalue weighted by molar-refractivity contribution is 8.14. The van der Waals surface area contributed by atoms with E-state index < -0.39 is 17.5 Å². The lowest BCUT2D eigenvalue weighted by Crippen LogP contribution is -2.67. The van der Waals surface area contributed by atoms with Gasteiger partial charge in [-0.15, -0.1) is 0 Å². The summed E-state index contributed by atoms with van der Waals surface area (Å²) in [6.45, 7) is 2.68. The molecule has 0 aromatic heterocycles. The Morgan fingerprint density at radius 1 is 1.33 bits per heavy atom. The molecule has 1 aromatic rings. The molecule has 0 radical (unpaired) electrons. The summed E-state index contributed by atoms with van der Waals surface area (Å²) in [5.74, 6) is -1.76. The van der Waals surface area contributed by atoms with Gasteiger partial charge < -0.3 is 15.1 Å². The standard InChI is InChI=1S/C20H25F2N5O2S/c1-2-9-26-18(29)13-5-3-4-6-16(13)27-19(26)24-25-20(27)30-11-17(28)23-15-8-7-12(21)10-14(15)22/h7-8,10,13,16,19,24H,2-6,9,11H2,1H3,(H,23,28). The Labute approximate surface area is 178 Å². The first-order chi connectivity index (χ1) is 14.5. The maximum atomic E-state index is 13.8. The smallest absolute Gasteiger partial charge is 0.234 e. The molecule has 2 heterocycles. The molecule has 2 amide bonds. The van der Waals surface area contributed by atoms with E-state index in [-0.39, 0.29) is 35.6 Å². The summed E-state index contributed by atoms with van der Waals surface area (Å²) in [7, 11) is 0. The van der Waals surface area contributed by atoms with E-state index in [1.807, 2.05) is 11.8 Å². The van der Waals surface area contributed by atoms with Crippen LogP contribution in [0.5, 0.6) is 0 Å². The number of anilines is 1. The molecule has 1 aliphatic carbocycles. The second kappa shape index (κ2) is 8.79. The number of hydrazone groups is 1. The number of halogens is 2. The molecule has 30 heavy (non-hydrogen) atoms. The van der Waals surface area contributed by atoms with Crippen molar-refractivity contribution in [3.05, 3.63) is 29.8 Å². The summed E-state index contributed by atoms with van der Waals surface area (Å²) < 4.78 is 26.8. The van der Waals surface area contributed by atoms with E-state index in [2.05, 4.69) is 20.7 Å². The first-order valence-electron chi connectivity index (χ1n) is 10.3. The number of amidine groups is 1. The highest BCUT2D eigenvalue weighted by atomic mass is 32.2. The molecule has 3 atom stereocenters. The summed E-state index contributed by atoms with van der Waals surface area (Å²) in [4.78, 5) is 29.3. The fourth-order valence-electron chi connectivity index (χ4n) is 4.43. The number of amides is 2. The molecule has 2 fully saturated rings. The summed E-state index contributed by atoms with van der Waals surface area (Å²) >= 11 is 1.25. The van der Waals surface area contributed by atoms with Gasteiger partial charge in [-0.3, -0.25) is 15.0 Å². The Morgan fingerprint density at radius 2 is 2.13 bits per heavy atom. The Kier molecular flexibility index (Phi) is 6.12. The maximum Gasteiger partial charge on any atom is 0.234 e. The van der Waals surface area contributed by atoms with Crippen molar-refractivity contribution in [1.82, 2.24) is 15.2 Å². The van der Waals surface area contributed by atoms with Crippen LogP contribution < -0.4 is 10.7 Å². The predicted octanol–water partition coefficient (Wildman–Crippen LogP) is 2.91. The number of fused-ring (bicyclic) bond motifs is 3. The van der Waals surface area contributed by atoms with Gasteiger partial charge in [-0.25, -0.2) is 8.78 Å². The second-order valence-electron chi connectivity index (χ2n) is 7.76. The monoisotopic (exact) mass is 437 g/mol. The van der Waals surface area contributed by atoms with Crippen LogP contribution in [0.4, 0.5) is 14.5 Å². The average molecular weight is 438 g/mol. The molecule has 0 spiro atoms. The quantitative estimate of drug-likeness (QED) is 0.741. The first kappa shape index (κ1) is 20.9. The van der Waals surface area contributed by atoms with Gasteiger partial charge in [-0.05, 0) is 31.4 Å². The molecule has 1 aromatic carbocycles. The van der Waals surface area contributed by atoms with Gasteiger partial charge in [0.1, 0.15) is 11.6 Å². The van der Waals surface area contributed by atoms with Crippen LogP contribution in [-0.2, 0) is 9.59 Å². The molecule has 1 saturated heterocycles. The van der Waals surface area contributed by atoms with Crippen molar-refractivity contribution in [2.24, 2.45) is 11.0 Å². The van der Waals surface area contributed by atoms with Crippen molar-refractivity contribution in [3.8, 4) is 0 Å². The number of nitrogens with zero attached hydrogens (tertiary/aromatic N) is 3. The van der Waals surface area contributed by atoms with E-state index in [4.69, 9.17) is 0 Å². The van der Waals surface area contributed by atoms with Crippen LogP contribution in [0, 0.1) is 17.6 Å². The predicted molar refractivity (Wildman–Crippen MR) is 111 cm³/mol. The fraction of sp³-hybridized carbons (Fsp3) is 0.550. The van der Waals surface area contributed by atoms with E-state index >= 15 is 0 Å². The minimum atomic E-state index is -0.817. The first-order valence-corrected chi connectivity index (χ1v) is 11.3. The van der Waals surface area contributed by atoms with Gasteiger partial charge in [0.15, 0.2) is 11.5 Å². The van der Waals surface area contributed by atoms with Gasteiger partial charge in [-0.1, -0.05) is 31.5 Å². The summed E-state index contributed by atoms with van der Waals surface area (Å²) in [5, 5.41) is 7.54. The van der Waals surface area contributed by atoms with Crippen molar-refractivity contribution in [1.29, 1.82) is 0 Å². The zero-order valence-corrected chi connectivity index (χ0v) is 17.6. The Bertz CT molecular complexity index is 868. The van der Waals surface area contributed by atoms with Crippen molar-refractivity contribution in [3.63, 3.8) is 0 Å². The SMILES string of the molecule is CCCN1C(=O)C2CCCCC2N2C(SCC(=O)Nc3ccc(F)cc3F)=NNC12. The third-order valence-corrected chi connectivity index (χ3v) is 6.71. The number of hydrogen-bond donors (Lipinski definition) is 2. The highest BCUT2D eigenvalue weighted by Crippen LogP contribution is 2.38. The Hall–Kier alpha value is -2.36. The molecule has 10 heteroatoms. The van der Waals surface area contributed by atoms with Crippen LogP contribution in [0.1, 0.15) is 39.0 Å². The number of rotatable bonds is 5. The van der Waals surface area contributed by atoms with Gasteiger partial charge in [0.05, 0.1) is 17.4 Å². The van der Waals surface area contributed by atoms with Crippen LogP contribution in [0.2, 0.25) is 0 Å². The topological polar surface area (TPSA) is 77.0 Å². The van der Waals surface area contributed by atoms with Crippen LogP contribution in [0.15, 0.2) is 23.3 Å². The van der Waals surface area contributed by atoms with Crippen molar-refractivity contribution < 1.29 is 18.4 Å². The average Bonchev–Trinajstić information content (AvgIpc) is 3.16. The summed E-state index contributed by atoms with van der Waals surface area (Å²) in [6.07, 6.45) is 4.43. The molecule has 2 aliphatic heterocycles. The molecule has 4 rings (SSSR count). The maximum absolute atomic E-state index is 13.8. The van der Waals surface area contributed by atoms with E-state index in [1.54, 1.807) is 0 Å². The minimum absolute atomic E-state index is 0.0274. The highest BCUT2D eigenvalue weighted by Gasteiger charge is 2.50. The van der Waals surface area contributed by atoms with Gasteiger partial charge >= 0.3 is 0 Å². The third kappa shape index (κ3) is 3.97. The third-order valence-electron chi connectivity index (χ3n) is 5.74. The summed E-state index contributed by atoms with van der Waals surface area (Å²) in [5.41, 5.74) is 3.00. The van der Waals surface area contributed by atoms with Gasteiger partial charge in [0.2, 0.25) is 11.8 Å². The Morgan fingerprint density at radius 3 is 2.90 bits per heavy atom. The number of thioether (sulfide) groups is 1.